The molecule has 0 aromatic carbocycles. The average molecular weight is 295 g/mol. The van der Waals surface area contributed by atoms with Gasteiger partial charge in [0.25, 0.3) is 0 Å². The van der Waals surface area contributed by atoms with Crippen LogP contribution in [0.5, 0.6) is 0 Å². The van der Waals surface area contributed by atoms with Gasteiger partial charge in [-0.05, 0) is 19.4 Å². The number of nitrogens with zero attached hydrogens (tertiary/aromatic N) is 4. The summed E-state index contributed by atoms with van der Waals surface area (Å²) in [6.45, 7) is 11.2. The summed E-state index contributed by atoms with van der Waals surface area (Å²) >= 11 is 4.97. The maximum Gasteiger partial charge on any atom is 0.0870 e. The zero-order valence-electron chi connectivity index (χ0n) is 12.5. The van der Waals surface area contributed by atoms with Crippen LogP contribution in [0.2, 0.25) is 0 Å². The summed E-state index contributed by atoms with van der Waals surface area (Å²) in [4.78, 5) is 5.40. The molecule has 2 heterocycles. The van der Waals surface area contributed by atoms with Crippen LogP contribution in [0.25, 0.3) is 0 Å². The second kappa shape index (κ2) is 7.15. The van der Waals surface area contributed by atoms with E-state index in [2.05, 4.69) is 39.5 Å². The van der Waals surface area contributed by atoms with Crippen LogP contribution in [0.3, 0.4) is 0 Å². The normalized spacial score (nSPS) is 17.5. The minimum atomic E-state index is 0.593. The van der Waals surface area contributed by atoms with Crippen molar-refractivity contribution >= 4 is 17.2 Å². The fourth-order valence-electron chi connectivity index (χ4n) is 2.64. The molecule has 0 amide bonds. The fourth-order valence-corrected chi connectivity index (χ4v) is 2.83. The van der Waals surface area contributed by atoms with Gasteiger partial charge in [0.2, 0.25) is 0 Å². The first-order chi connectivity index (χ1) is 9.62. The van der Waals surface area contributed by atoms with Gasteiger partial charge in [-0.3, -0.25) is 14.5 Å². The number of aryl methyl sites for hydroxylation is 2. The molecular formula is C14H25N5S. The van der Waals surface area contributed by atoms with Crippen LogP contribution in [0.4, 0.5) is 0 Å². The van der Waals surface area contributed by atoms with E-state index in [1.807, 2.05) is 0 Å². The minimum Gasteiger partial charge on any atom is -0.392 e. The summed E-state index contributed by atoms with van der Waals surface area (Å²) in [5.41, 5.74) is 8.12. The number of thiocarbonyl (C=S) groups is 1. The number of piperazine rings is 1. The maximum absolute atomic E-state index is 5.60. The van der Waals surface area contributed by atoms with E-state index in [0.717, 1.165) is 52.2 Å². The lowest BCUT2D eigenvalue weighted by atomic mass is 10.2. The molecule has 20 heavy (non-hydrogen) atoms. The molecule has 0 bridgehead atoms. The monoisotopic (exact) mass is 295 g/mol. The van der Waals surface area contributed by atoms with Gasteiger partial charge < -0.3 is 5.73 Å². The van der Waals surface area contributed by atoms with E-state index in [9.17, 15) is 0 Å². The lowest BCUT2D eigenvalue weighted by molar-refractivity contribution is 0.137. The molecule has 0 unspecified atom stereocenters. The summed E-state index contributed by atoms with van der Waals surface area (Å²) in [7, 11) is 0. The first-order valence-corrected chi connectivity index (χ1v) is 7.81. The summed E-state index contributed by atoms with van der Waals surface area (Å²) < 4.78 is 2.13. The van der Waals surface area contributed by atoms with Crippen molar-refractivity contribution in [3.63, 3.8) is 0 Å². The van der Waals surface area contributed by atoms with E-state index in [1.165, 1.54) is 11.4 Å². The zero-order valence-corrected chi connectivity index (χ0v) is 13.3. The van der Waals surface area contributed by atoms with E-state index < -0.39 is 0 Å². The average Bonchev–Trinajstić information content (AvgIpc) is 2.82. The molecule has 1 fully saturated rings. The van der Waals surface area contributed by atoms with E-state index in [1.54, 1.807) is 0 Å². The number of nitrogens with two attached hydrogens (primary N) is 1. The van der Waals surface area contributed by atoms with Crippen molar-refractivity contribution in [2.24, 2.45) is 5.73 Å². The molecule has 112 valence electrons. The molecule has 1 aliphatic heterocycles. The van der Waals surface area contributed by atoms with Gasteiger partial charge in [-0.1, -0.05) is 19.1 Å². The van der Waals surface area contributed by atoms with E-state index in [4.69, 9.17) is 18.0 Å². The number of aromatic nitrogens is 2. The highest BCUT2D eigenvalue weighted by molar-refractivity contribution is 7.80. The predicted molar refractivity (Wildman–Crippen MR) is 85.8 cm³/mol. The Morgan fingerprint density at radius 3 is 2.45 bits per heavy atom. The van der Waals surface area contributed by atoms with Gasteiger partial charge in [-0.25, -0.2) is 0 Å². The Morgan fingerprint density at radius 2 is 1.90 bits per heavy atom. The second-order valence-corrected chi connectivity index (χ2v) is 5.84. The Hall–Kier alpha value is -0.980. The standard InChI is InChI=1S/C14H25N5S/c1-3-12-9-13(19(4-2)16-12)10-17-5-7-18(8-6-17)11-14(15)20/h9H,3-8,10-11H2,1-2H3,(H2,15,20). The summed E-state index contributed by atoms with van der Waals surface area (Å²) in [5, 5.41) is 4.61. The molecule has 1 aromatic heterocycles. The summed E-state index contributed by atoms with van der Waals surface area (Å²) in [5.74, 6) is 0. The third-order valence-corrected chi connectivity index (χ3v) is 3.93. The molecule has 5 nitrogen and oxygen atoms in total. The van der Waals surface area contributed by atoms with Crippen LogP contribution in [-0.2, 0) is 19.5 Å². The van der Waals surface area contributed by atoms with E-state index >= 15 is 0 Å². The molecule has 0 saturated carbocycles. The number of hydrogen-bond acceptors (Lipinski definition) is 4. The molecule has 2 N–H and O–H groups in total. The first kappa shape index (κ1) is 15.4. The van der Waals surface area contributed by atoms with Gasteiger partial charge in [0.05, 0.1) is 16.4 Å². The molecule has 1 aliphatic rings. The summed E-state index contributed by atoms with van der Waals surface area (Å²) in [6, 6.07) is 2.24. The van der Waals surface area contributed by atoms with Crippen molar-refractivity contribution in [3.05, 3.63) is 17.5 Å². The molecule has 1 aromatic rings. The molecule has 0 radical (unpaired) electrons. The van der Waals surface area contributed by atoms with Crippen molar-refractivity contribution in [1.82, 2.24) is 19.6 Å². The first-order valence-electron chi connectivity index (χ1n) is 7.41. The Labute approximate surface area is 126 Å². The Kier molecular flexibility index (Phi) is 5.51. The highest BCUT2D eigenvalue weighted by atomic mass is 32.1. The highest BCUT2D eigenvalue weighted by Crippen LogP contribution is 2.11. The van der Waals surface area contributed by atoms with Crippen LogP contribution in [0.15, 0.2) is 6.07 Å². The Balaban J connectivity index is 1.89. The van der Waals surface area contributed by atoms with Crippen molar-refractivity contribution in [2.75, 3.05) is 32.7 Å². The molecule has 2 rings (SSSR count). The molecule has 1 saturated heterocycles. The van der Waals surface area contributed by atoms with Crippen molar-refractivity contribution < 1.29 is 0 Å². The molecule has 0 aliphatic carbocycles. The third kappa shape index (κ3) is 4.01. The van der Waals surface area contributed by atoms with Gasteiger partial charge in [-0.15, -0.1) is 0 Å². The SMILES string of the molecule is CCc1cc(CN2CCN(CC(N)=S)CC2)n(CC)n1. The van der Waals surface area contributed by atoms with Gasteiger partial charge in [-0.2, -0.15) is 5.10 Å². The molecular weight excluding hydrogens is 270 g/mol. The fraction of sp³-hybridized carbons (Fsp3) is 0.714. The lowest BCUT2D eigenvalue weighted by Crippen LogP contribution is -2.48. The van der Waals surface area contributed by atoms with Crippen molar-refractivity contribution in [2.45, 2.75) is 33.4 Å². The van der Waals surface area contributed by atoms with Crippen molar-refractivity contribution in [1.29, 1.82) is 0 Å². The van der Waals surface area contributed by atoms with Crippen LogP contribution >= 0.6 is 12.2 Å². The maximum atomic E-state index is 5.60. The highest BCUT2D eigenvalue weighted by Gasteiger charge is 2.18. The topological polar surface area (TPSA) is 50.3 Å². The van der Waals surface area contributed by atoms with Gasteiger partial charge in [0.1, 0.15) is 0 Å². The Bertz CT molecular complexity index is 448. The Morgan fingerprint density at radius 1 is 1.25 bits per heavy atom. The molecule has 6 heteroatoms. The zero-order chi connectivity index (χ0) is 14.5. The van der Waals surface area contributed by atoms with Gasteiger partial charge in [0, 0.05) is 45.8 Å². The quantitative estimate of drug-likeness (QED) is 0.789. The van der Waals surface area contributed by atoms with Crippen LogP contribution in [-0.4, -0.2) is 57.3 Å². The largest absolute Gasteiger partial charge is 0.392 e. The van der Waals surface area contributed by atoms with E-state index in [-0.39, 0.29) is 0 Å². The third-order valence-electron chi connectivity index (χ3n) is 3.81. The van der Waals surface area contributed by atoms with Crippen molar-refractivity contribution in [3.8, 4) is 0 Å². The summed E-state index contributed by atoms with van der Waals surface area (Å²) in [6.07, 6.45) is 1.00. The van der Waals surface area contributed by atoms with Crippen LogP contribution < -0.4 is 5.73 Å². The second-order valence-electron chi connectivity index (χ2n) is 5.31. The van der Waals surface area contributed by atoms with Gasteiger partial charge >= 0.3 is 0 Å². The van der Waals surface area contributed by atoms with Crippen LogP contribution in [0.1, 0.15) is 25.2 Å². The smallest absolute Gasteiger partial charge is 0.0870 e. The van der Waals surface area contributed by atoms with Crippen LogP contribution in [0, 0.1) is 0 Å². The predicted octanol–water partition coefficient (Wildman–Crippen LogP) is 0.869. The van der Waals surface area contributed by atoms with Gasteiger partial charge in [0.15, 0.2) is 0 Å². The number of hydrogen-bond donors (Lipinski definition) is 1. The lowest BCUT2D eigenvalue weighted by Gasteiger charge is -2.34. The minimum absolute atomic E-state index is 0.593. The number of rotatable bonds is 6. The molecule has 0 atom stereocenters. The van der Waals surface area contributed by atoms with E-state index in [0.29, 0.717) is 4.99 Å². The molecule has 0 spiro atoms.